The Morgan fingerprint density at radius 3 is 2.44 bits per heavy atom. The molecule has 4 heteroatoms. The highest BCUT2D eigenvalue weighted by molar-refractivity contribution is 5.92. The van der Waals surface area contributed by atoms with Crippen molar-refractivity contribution in [2.45, 2.75) is 39.8 Å². The van der Waals surface area contributed by atoms with Crippen LogP contribution in [0.25, 0.3) is 0 Å². The van der Waals surface area contributed by atoms with E-state index >= 15 is 0 Å². The number of carbonyl (C=O) groups is 1. The maximum atomic E-state index is 11.3. The molecular weight excluding hydrogens is 312 g/mol. The smallest absolute Gasteiger partial charge is 0.248 e. The molecule has 2 aromatic rings. The third kappa shape index (κ3) is 5.61. The summed E-state index contributed by atoms with van der Waals surface area (Å²) in [5.41, 5.74) is 7.87. The van der Waals surface area contributed by atoms with E-state index in [9.17, 15) is 4.79 Å². The zero-order chi connectivity index (χ0) is 18.4. The predicted octanol–water partition coefficient (Wildman–Crippen LogP) is 3.85. The Hall–Kier alpha value is -2.33. The van der Waals surface area contributed by atoms with Crippen LogP contribution >= 0.6 is 0 Å². The van der Waals surface area contributed by atoms with Crippen molar-refractivity contribution < 1.29 is 9.53 Å². The van der Waals surface area contributed by atoms with Crippen LogP contribution in [0.2, 0.25) is 0 Å². The van der Waals surface area contributed by atoms with Crippen LogP contribution in [0.3, 0.4) is 0 Å². The van der Waals surface area contributed by atoms with E-state index in [4.69, 9.17) is 10.5 Å². The van der Waals surface area contributed by atoms with Crippen LogP contribution in [0, 0.1) is 5.92 Å². The minimum absolute atomic E-state index is 0.209. The number of primary amides is 1. The first-order chi connectivity index (χ1) is 11.8. The number of hydrogen-bond acceptors (Lipinski definition) is 3. The quantitative estimate of drug-likeness (QED) is 0.767. The van der Waals surface area contributed by atoms with Gasteiger partial charge >= 0.3 is 0 Å². The van der Waals surface area contributed by atoms with Gasteiger partial charge in [0.2, 0.25) is 5.91 Å². The van der Waals surface area contributed by atoms with Crippen molar-refractivity contribution in [3.05, 3.63) is 65.2 Å². The van der Waals surface area contributed by atoms with Crippen molar-refractivity contribution in [3.8, 4) is 5.75 Å². The third-order valence-corrected chi connectivity index (χ3v) is 4.11. The number of rotatable bonds is 8. The second kappa shape index (κ2) is 8.17. The Labute approximate surface area is 150 Å². The van der Waals surface area contributed by atoms with Gasteiger partial charge in [0.25, 0.3) is 0 Å². The topological polar surface area (TPSA) is 64.3 Å². The molecule has 0 saturated heterocycles. The fourth-order valence-electron chi connectivity index (χ4n) is 2.49. The summed E-state index contributed by atoms with van der Waals surface area (Å²) in [5, 5.41) is 3.53. The molecule has 2 rings (SSSR count). The molecule has 3 N–H and O–H groups in total. The van der Waals surface area contributed by atoms with Crippen LogP contribution in [-0.2, 0) is 12.1 Å². The van der Waals surface area contributed by atoms with Gasteiger partial charge in [-0.15, -0.1) is 0 Å². The lowest BCUT2D eigenvalue weighted by atomic mass is 9.94. The van der Waals surface area contributed by atoms with Crippen LogP contribution in [0.4, 0.5) is 0 Å². The van der Waals surface area contributed by atoms with Crippen molar-refractivity contribution >= 4 is 5.91 Å². The molecule has 0 aromatic heterocycles. The summed E-state index contributed by atoms with van der Waals surface area (Å²) in [4.78, 5) is 11.3. The molecule has 0 unspecified atom stereocenters. The van der Waals surface area contributed by atoms with Crippen LogP contribution < -0.4 is 15.8 Å². The second-order valence-corrected chi connectivity index (χ2v) is 7.27. The number of nitrogens with two attached hydrogens (primary N) is 1. The normalized spacial score (nSPS) is 11.6. The van der Waals surface area contributed by atoms with Gasteiger partial charge in [0.05, 0.1) is 6.61 Å². The third-order valence-electron chi connectivity index (χ3n) is 4.11. The van der Waals surface area contributed by atoms with Crippen molar-refractivity contribution in [3.63, 3.8) is 0 Å². The SMILES string of the molecule is CC(C)COc1ccc(C(C)(C)NCc2cccc(C(N)=O)c2)cc1. The van der Waals surface area contributed by atoms with Crippen LogP contribution in [0.15, 0.2) is 48.5 Å². The number of carbonyl (C=O) groups excluding carboxylic acids is 1. The molecule has 4 nitrogen and oxygen atoms in total. The molecule has 0 aliphatic heterocycles. The highest BCUT2D eigenvalue weighted by atomic mass is 16.5. The highest BCUT2D eigenvalue weighted by Gasteiger charge is 2.19. The van der Waals surface area contributed by atoms with Crippen molar-refractivity contribution in [2.75, 3.05) is 6.61 Å². The summed E-state index contributed by atoms with van der Waals surface area (Å²) in [6.45, 7) is 9.91. The summed E-state index contributed by atoms with van der Waals surface area (Å²) >= 11 is 0. The monoisotopic (exact) mass is 340 g/mol. The van der Waals surface area contributed by atoms with Crippen LogP contribution in [0.1, 0.15) is 49.2 Å². The summed E-state index contributed by atoms with van der Waals surface area (Å²) < 4.78 is 5.74. The van der Waals surface area contributed by atoms with Gasteiger partial charge in [-0.05, 0) is 55.2 Å². The average molecular weight is 340 g/mol. The van der Waals surface area contributed by atoms with Gasteiger partial charge in [-0.25, -0.2) is 0 Å². The van der Waals surface area contributed by atoms with Gasteiger partial charge < -0.3 is 15.8 Å². The van der Waals surface area contributed by atoms with Crippen molar-refractivity contribution in [2.24, 2.45) is 11.7 Å². The van der Waals surface area contributed by atoms with E-state index in [1.165, 1.54) is 5.56 Å². The maximum absolute atomic E-state index is 11.3. The van der Waals surface area contributed by atoms with Gasteiger partial charge in [0.1, 0.15) is 5.75 Å². The van der Waals surface area contributed by atoms with Gasteiger partial charge in [0.15, 0.2) is 0 Å². The summed E-state index contributed by atoms with van der Waals surface area (Å²) in [6.07, 6.45) is 0. The predicted molar refractivity (Wildman–Crippen MR) is 102 cm³/mol. The molecule has 134 valence electrons. The standard InChI is InChI=1S/C21H28N2O2/c1-15(2)14-25-19-10-8-18(9-11-19)21(3,4)23-13-16-6-5-7-17(12-16)20(22)24/h5-12,15,23H,13-14H2,1-4H3,(H2,22,24). The van der Waals surface area contributed by atoms with Crippen molar-refractivity contribution in [1.82, 2.24) is 5.32 Å². The lowest BCUT2D eigenvalue weighted by molar-refractivity contribution is 0.1000. The Morgan fingerprint density at radius 2 is 1.84 bits per heavy atom. The summed E-state index contributed by atoms with van der Waals surface area (Å²) in [7, 11) is 0. The highest BCUT2D eigenvalue weighted by Crippen LogP contribution is 2.23. The first-order valence-corrected chi connectivity index (χ1v) is 8.65. The lowest BCUT2D eigenvalue weighted by Crippen LogP contribution is -2.36. The van der Waals surface area contributed by atoms with Crippen LogP contribution in [0.5, 0.6) is 5.75 Å². The Kier molecular flexibility index (Phi) is 6.21. The largest absolute Gasteiger partial charge is 0.493 e. The second-order valence-electron chi connectivity index (χ2n) is 7.27. The molecule has 0 saturated carbocycles. The molecule has 0 spiro atoms. The van der Waals surface area contributed by atoms with E-state index < -0.39 is 5.91 Å². The van der Waals surface area contributed by atoms with E-state index in [2.05, 4.69) is 45.1 Å². The number of benzene rings is 2. The molecular formula is C21H28N2O2. The van der Waals surface area contributed by atoms with E-state index in [1.54, 1.807) is 6.07 Å². The molecule has 0 aliphatic rings. The number of hydrogen-bond donors (Lipinski definition) is 2. The minimum atomic E-state index is -0.405. The first kappa shape index (κ1) is 19.0. The van der Waals surface area contributed by atoms with Crippen molar-refractivity contribution in [1.29, 1.82) is 0 Å². The van der Waals surface area contributed by atoms with Gasteiger partial charge in [-0.2, -0.15) is 0 Å². The lowest BCUT2D eigenvalue weighted by Gasteiger charge is -2.27. The maximum Gasteiger partial charge on any atom is 0.248 e. The molecule has 0 radical (unpaired) electrons. The zero-order valence-electron chi connectivity index (χ0n) is 15.5. The molecule has 1 amide bonds. The van der Waals surface area contributed by atoms with Gasteiger partial charge in [-0.3, -0.25) is 4.79 Å². The zero-order valence-corrected chi connectivity index (χ0v) is 15.5. The number of ether oxygens (including phenoxy) is 1. The first-order valence-electron chi connectivity index (χ1n) is 8.65. The van der Waals surface area contributed by atoms with Gasteiger partial charge in [0, 0.05) is 17.6 Å². The number of nitrogens with one attached hydrogen (secondary N) is 1. The minimum Gasteiger partial charge on any atom is -0.493 e. The molecule has 0 fully saturated rings. The van der Waals surface area contributed by atoms with Gasteiger partial charge in [-0.1, -0.05) is 38.1 Å². The molecule has 2 aromatic carbocycles. The van der Waals surface area contributed by atoms with E-state index in [0.717, 1.165) is 17.9 Å². The average Bonchev–Trinajstić information content (AvgIpc) is 2.59. The Morgan fingerprint density at radius 1 is 1.16 bits per heavy atom. The summed E-state index contributed by atoms with van der Waals surface area (Å²) in [6, 6.07) is 15.6. The molecule has 0 atom stereocenters. The summed E-state index contributed by atoms with van der Waals surface area (Å²) in [5.74, 6) is 0.995. The fraction of sp³-hybridized carbons (Fsp3) is 0.381. The molecule has 0 bridgehead atoms. The van der Waals surface area contributed by atoms with E-state index in [-0.39, 0.29) is 5.54 Å². The fourth-order valence-corrected chi connectivity index (χ4v) is 2.49. The van der Waals surface area contributed by atoms with E-state index in [1.807, 2.05) is 30.3 Å². The number of amides is 1. The van der Waals surface area contributed by atoms with E-state index in [0.29, 0.717) is 18.0 Å². The van der Waals surface area contributed by atoms with Crippen LogP contribution in [-0.4, -0.2) is 12.5 Å². The molecule has 0 aliphatic carbocycles. The molecule has 0 heterocycles. The molecule has 25 heavy (non-hydrogen) atoms. The Balaban J connectivity index is 2.01. The Bertz CT molecular complexity index is 706.